The molecule has 0 fully saturated rings. The zero-order chi connectivity index (χ0) is 21.2. The maximum absolute atomic E-state index is 14.6. The molecule has 1 aliphatic heterocycles. The number of carbonyl (C=O) groups excluding carboxylic acids is 1. The van der Waals surface area contributed by atoms with Crippen LogP contribution in [0.2, 0.25) is 0 Å². The van der Waals surface area contributed by atoms with Crippen molar-refractivity contribution in [2.75, 3.05) is 12.1 Å². The Morgan fingerprint density at radius 3 is 2.38 bits per heavy atom. The largest absolute Gasteiger partial charge is 0.357 e. The average molecular weight is 403 g/mol. The van der Waals surface area contributed by atoms with Gasteiger partial charge >= 0.3 is 0 Å². The molecule has 2 unspecified atom stereocenters. The molecule has 3 rings (SSSR count). The number of nitrogens with zero attached hydrogens (tertiary/aromatic N) is 2. The molecule has 0 bridgehead atoms. The highest BCUT2D eigenvalue weighted by Gasteiger charge is 2.53. The van der Waals surface area contributed by atoms with E-state index in [-0.39, 0.29) is 23.3 Å². The Bertz CT molecular complexity index is 929. The molecule has 4 nitrogen and oxygen atoms in total. The van der Waals surface area contributed by atoms with Crippen LogP contribution in [-0.4, -0.2) is 24.2 Å². The number of anilines is 1. The van der Waals surface area contributed by atoms with Gasteiger partial charge in [0.15, 0.2) is 5.82 Å². The number of nitrogens with one attached hydrogen (secondary N) is 1. The van der Waals surface area contributed by atoms with Gasteiger partial charge in [-0.15, -0.1) is 0 Å². The third-order valence-corrected chi connectivity index (χ3v) is 5.47. The number of carbonyl (C=O) groups is 1. The van der Waals surface area contributed by atoms with Crippen molar-refractivity contribution in [1.82, 2.24) is 5.32 Å². The SMILES string of the molecule is CCCCC1C(c2ccc(F)cc2)=NN(c2ccc(F)cc2F)C1(C)C(=O)NC. The Kier molecular flexibility index (Phi) is 5.96. The number of likely N-dealkylation sites (N-methyl/N-ethyl adjacent to an activating group) is 1. The second-order valence-corrected chi connectivity index (χ2v) is 7.32. The molecule has 1 aliphatic rings. The van der Waals surface area contributed by atoms with Gasteiger partial charge in [0.05, 0.1) is 11.4 Å². The number of benzene rings is 2. The summed E-state index contributed by atoms with van der Waals surface area (Å²) in [6.45, 7) is 3.74. The lowest BCUT2D eigenvalue weighted by molar-refractivity contribution is -0.126. The van der Waals surface area contributed by atoms with Gasteiger partial charge in [-0.1, -0.05) is 31.9 Å². The molecule has 0 aliphatic carbocycles. The summed E-state index contributed by atoms with van der Waals surface area (Å²) in [6, 6.07) is 9.03. The first kappa shape index (κ1) is 20.9. The molecule has 1 amide bonds. The third kappa shape index (κ3) is 3.73. The fraction of sp³-hybridized carbons (Fsp3) is 0.364. The number of hydrazone groups is 1. The van der Waals surface area contributed by atoms with E-state index in [1.807, 2.05) is 6.92 Å². The summed E-state index contributed by atoms with van der Waals surface area (Å²) in [6.07, 6.45) is 2.37. The van der Waals surface area contributed by atoms with Crippen molar-refractivity contribution in [3.05, 3.63) is 65.5 Å². The summed E-state index contributed by atoms with van der Waals surface area (Å²) in [5.41, 5.74) is 0.0174. The topological polar surface area (TPSA) is 44.7 Å². The first-order valence-corrected chi connectivity index (χ1v) is 9.64. The van der Waals surface area contributed by atoms with Gasteiger partial charge in [-0.05, 0) is 43.2 Å². The zero-order valence-electron chi connectivity index (χ0n) is 16.7. The molecule has 0 saturated heterocycles. The van der Waals surface area contributed by atoms with E-state index in [1.165, 1.54) is 30.3 Å². The van der Waals surface area contributed by atoms with Crippen molar-refractivity contribution in [3.8, 4) is 0 Å². The van der Waals surface area contributed by atoms with Gasteiger partial charge in [-0.25, -0.2) is 18.2 Å². The molecule has 154 valence electrons. The number of rotatable bonds is 6. The lowest BCUT2D eigenvalue weighted by atomic mass is 9.77. The third-order valence-electron chi connectivity index (χ3n) is 5.47. The molecule has 2 aromatic carbocycles. The molecule has 1 N–H and O–H groups in total. The predicted molar refractivity (Wildman–Crippen MR) is 107 cm³/mol. The molecule has 0 radical (unpaired) electrons. The van der Waals surface area contributed by atoms with E-state index in [4.69, 9.17) is 0 Å². The van der Waals surface area contributed by atoms with Gasteiger partial charge in [0.25, 0.3) is 0 Å². The number of amides is 1. The standard InChI is InChI=1S/C22H24F3N3O/c1-4-5-6-17-20(14-7-9-15(23)10-8-14)27-28(22(17,2)21(29)26-3)19-12-11-16(24)13-18(19)25/h7-13,17H,4-6H2,1-3H3,(H,26,29). The summed E-state index contributed by atoms with van der Waals surface area (Å²) in [5.74, 6) is -2.59. The van der Waals surface area contributed by atoms with Crippen LogP contribution in [0.4, 0.5) is 18.9 Å². The van der Waals surface area contributed by atoms with Crippen molar-refractivity contribution in [3.63, 3.8) is 0 Å². The summed E-state index contributed by atoms with van der Waals surface area (Å²) in [7, 11) is 1.51. The second kappa shape index (κ2) is 8.27. The summed E-state index contributed by atoms with van der Waals surface area (Å²) in [5, 5.41) is 8.60. The van der Waals surface area contributed by atoms with Crippen molar-refractivity contribution < 1.29 is 18.0 Å². The first-order chi connectivity index (χ1) is 13.8. The smallest absolute Gasteiger partial charge is 0.248 e. The van der Waals surface area contributed by atoms with Gasteiger partial charge in [0.1, 0.15) is 17.2 Å². The van der Waals surface area contributed by atoms with Crippen molar-refractivity contribution in [2.24, 2.45) is 11.0 Å². The highest BCUT2D eigenvalue weighted by Crippen LogP contribution is 2.42. The first-order valence-electron chi connectivity index (χ1n) is 9.64. The van der Waals surface area contributed by atoms with Crippen LogP contribution in [0.5, 0.6) is 0 Å². The molecule has 0 saturated carbocycles. The van der Waals surface area contributed by atoms with Crippen LogP contribution >= 0.6 is 0 Å². The van der Waals surface area contributed by atoms with Crippen LogP contribution in [0, 0.1) is 23.4 Å². The molecule has 29 heavy (non-hydrogen) atoms. The van der Waals surface area contributed by atoms with Gasteiger partial charge in [-0.2, -0.15) is 5.10 Å². The van der Waals surface area contributed by atoms with E-state index in [0.717, 1.165) is 25.0 Å². The summed E-state index contributed by atoms with van der Waals surface area (Å²) < 4.78 is 41.5. The molecule has 2 aromatic rings. The van der Waals surface area contributed by atoms with Crippen LogP contribution in [-0.2, 0) is 4.79 Å². The van der Waals surface area contributed by atoms with E-state index >= 15 is 0 Å². The Balaban J connectivity index is 2.19. The average Bonchev–Trinajstić information content (AvgIpc) is 2.99. The lowest BCUT2D eigenvalue weighted by Crippen LogP contribution is -2.57. The van der Waals surface area contributed by atoms with Gasteiger partial charge < -0.3 is 5.32 Å². The monoisotopic (exact) mass is 403 g/mol. The fourth-order valence-electron chi connectivity index (χ4n) is 3.87. The molecular formula is C22H24F3N3O. The Hall–Kier alpha value is -2.83. The van der Waals surface area contributed by atoms with E-state index in [2.05, 4.69) is 10.4 Å². The normalized spacial score (nSPS) is 21.2. The molecule has 0 aromatic heterocycles. The van der Waals surface area contributed by atoms with Crippen molar-refractivity contribution in [2.45, 2.75) is 38.6 Å². The van der Waals surface area contributed by atoms with Gasteiger partial charge in [0, 0.05) is 19.0 Å². The molecule has 2 atom stereocenters. The van der Waals surface area contributed by atoms with E-state index < -0.39 is 17.2 Å². The highest BCUT2D eigenvalue weighted by molar-refractivity contribution is 6.10. The quantitative estimate of drug-likeness (QED) is 0.764. The minimum Gasteiger partial charge on any atom is -0.357 e. The van der Waals surface area contributed by atoms with E-state index in [1.54, 1.807) is 19.1 Å². The van der Waals surface area contributed by atoms with Crippen LogP contribution < -0.4 is 10.3 Å². The Morgan fingerprint density at radius 1 is 1.14 bits per heavy atom. The Morgan fingerprint density at radius 2 is 1.79 bits per heavy atom. The highest BCUT2D eigenvalue weighted by atomic mass is 19.1. The number of halogens is 3. The zero-order valence-corrected chi connectivity index (χ0v) is 16.7. The van der Waals surface area contributed by atoms with Crippen molar-refractivity contribution in [1.29, 1.82) is 0 Å². The summed E-state index contributed by atoms with van der Waals surface area (Å²) in [4.78, 5) is 13.0. The molecule has 0 spiro atoms. The fourth-order valence-corrected chi connectivity index (χ4v) is 3.87. The van der Waals surface area contributed by atoms with Crippen LogP contribution in [0.3, 0.4) is 0 Å². The van der Waals surface area contributed by atoms with E-state index in [0.29, 0.717) is 17.7 Å². The number of hydrogen-bond acceptors (Lipinski definition) is 3. The predicted octanol–water partition coefficient (Wildman–Crippen LogP) is 4.64. The van der Waals surface area contributed by atoms with Crippen molar-refractivity contribution >= 4 is 17.3 Å². The maximum atomic E-state index is 14.6. The molecule has 7 heteroatoms. The minimum atomic E-state index is -1.23. The summed E-state index contributed by atoms with van der Waals surface area (Å²) >= 11 is 0. The van der Waals surface area contributed by atoms with Gasteiger partial charge in [0.2, 0.25) is 5.91 Å². The molecular weight excluding hydrogens is 379 g/mol. The number of hydrogen-bond donors (Lipinski definition) is 1. The Labute approximate surface area is 168 Å². The van der Waals surface area contributed by atoms with E-state index in [9.17, 15) is 18.0 Å². The maximum Gasteiger partial charge on any atom is 0.248 e. The number of unbranched alkanes of at least 4 members (excludes halogenated alkanes) is 1. The van der Waals surface area contributed by atoms with Gasteiger partial charge in [-0.3, -0.25) is 4.79 Å². The minimum absolute atomic E-state index is 0.0103. The van der Waals surface area contributed by atoms with Crippen LogP contribution in [0.15, 0.2) is 47.6 Å². The molecule has 1 heterocycles. The van der Waals surface area contributed by atoms with Crippen LogP contribution in [0.25, 0.3) is 0 Å². The van der Waals surface area contributed by atoms with Crippen LogP contribution in [0.1, 0.15) is 38.7 Å². The lowest BCUT2D eigenvalue weighted by Gasteiger charge is -2.37. The second-order valence-electron chi connectivity index (χ2n) is 7.32.